The number of sulfonamides is 1. The van der Waals surface area contributed by atoms with E-state index in [0.29, 0.717) is 6.54 Å². The molecule has 7 heteroatoms. The van der Waals surface area contributed by atoms with Crippen molar-refractivity contribution >= 4 is 27.7 Å². The highest BCUT2D eigenvalue weighted by Crippen LogP contribution is 2.14. The molecule has 0 aliphatic rings. The van der Waals surface area contributed by atoms with E-state index in [2.05, 4.69) is 41.2 Å². The smallest absolute Gasteiger partial charge is 0.240 e. The van der Waals surface area contributed by atoms with Crippen LogP contribution in [0.2, 0.25) is 0 Å². The Hall–Kier alpha value is -1.83. The summed E-state index contributed by atoms with van der Waals surface area (Å²) in [4.78, 5) is 12.1. The Kier molecular flexibility index (Phi) is 8.54. The predicted molar refractivity (Wildman–Crippen MR) is 116 cm³/mol. The van der Waals surface area contributed by atoms with Crippen LogP contribution in [-0.4, -0.2) is 33.2 Å². The molecule has 2 aromatic carbocycles. The van der Waals surface area contributed by atoms with Gasteiger partial charge in [0.15, 0.2) is 0 Å². The van der Waals surface area contributed by atoms with Crippen molar-refractivity contribution in [2.75, 3.05) is 18.8 Å². The monoisotopic (exact) mass is 420 g/mol. The lowest BCUT2D eigenvalue weighted by atomic mass is 10.1. The van der Waals surface area contributed by atoms with Crippen LogP contribution >= 0.6 is 11.8 Å². The summed E-state index contributed by atoms with van der Waals surface area (Å²) >= 11 is 1.76. The number of aryl methyl sites for hydroxylation is 3. The summed E-state index contributed by atoms with van der Waals surface area (Å²) in [5.74, 6) is 1.57. The summed E-state index contributed by atoms with van der Waals surface area (Å²) in [5.41, 5.74) is 4.47. The van der Waals surface area contributed by atoms with E-state index in [0.717, 1.165) is 22.6 Å². The van der Waals surface area contributed by atoms with Gasteiger partial charge in [0.1, 0.15) is 0 Å². The third kappa shape index (κ3) is 7.30. The Morgan fingerprint density at radius 2 is 1.68 bits per heavy atom. The van der Waals surface area contributed by atoms with Crippen molar-refractivity contribution in [1.29, 1.82) is 0 Å². The second-order valence-corrected chi connectivity index (χ2v) is 9.65. The number of rotatable bonds is 10. The second kappa shape index (κ2) is 10.6. The number of carbonyl (C=O) groups excluding carboxylic acids is 1. The van der Waals surface area contributed by atoms with Crippen molar-refractivity contribution in [2.45, 2.75) is 37.8 Å². The molecule has 0 saturated carbocycles. The Labute approximate surface area is 172 Å². The van der Waals surface area contributed by atoms with E-state index in [9.17, 15) is 13.2 Å². The maximum atomic E-state index is 12.3. The molecule has 0 atom stereocenters. The van der Waals surface area contributed by atoms with E-state index in [1.807, 2.05) is 13.8 Å². The molecule has 5 nitrogen and oxygen atoms in total. The van der Waals surface area contributed by atoms with Crippen molar-refractivity contribution in [3.8, 4) is 0 Å². The lowest BCUT2D eigenvalue weighted by Crippen LogP contribution is -2.31. The first kappa shape index (κ1) is 22.5. The third-order valence-corrected chi connectivity index (χ3v) is 6.88. The maximum absolute atomic E-state index is 12.3. The third-order valence-electron chi connectivity index (χ3n) is 4.39. The van der Waals surface area contributed by atoms with Gasteiger partial charge in [0, 0.05) is 31.0 Å². The fourth-order valence-corrected chi connectivity index (χ4v) is 4.42. The maximum Gasteiger partial charge on any atom is 0.240 e. The minimum absolute atomic E-state index is 0.0810. The second-order valence-electron chi connectivity index (χ2n) is 6.78. The molecular weight excluding hydrogens is 392 g/mol. The van der Waals surface area contributed by atoms with Crippen LogP contribution in [-0.2, 0) is 20.6 Å². The summed E-state index contributed by atoms with van der Waals surface area (Å²) in [6.45, 7) is 6.52. The molecule has 0 aliphatic carbocycles. The number of amides is 1. The predicted octanol–water partition coefficient (Wildman–Crippen LogP) is 3.33. The molecular formula is C21H28N2O3S2. The number of nitrogens with one attached hydrogen (secondary N) is 2. The Balaban J connectivity index is 1.64. The molecule has 0 aliphatic heterocycles. The van der Waals surface area contributed by atoms with Crippen LogP contribution in [0.3, 0.4) is 0 Å². The molecule has 1 amide bonds. The van der Waals surface area contributed by atoms with Gasteiger partial charge in [-0.25, -0.2) is 13.1 Å². The number of hydrogen-bond acceptors (Lipinski definition) is 4. The van der Waals surface area contributed by atoms with Crippen LogP contribution in [0.25, 0.3) is 0 Å². The molecule has 0 spiro atoms. The van der Waals surface area contributed by atoms with Crippen LogP contribution in [0.15, 0.2) is 47.4 Å². The summed E-state index contributed by atoms with van der Waals surface area (Å²) < 4.78 is 27.1. The fourth-order valence-electron chi connectivity index (χ4n) is 2.49. The summed E-state index contributed by atoms with van der Waals surface area (Å²) in [7, 11) is -3.59. The van der Waals surface area contributed by atoms with Gasteiger partial charge in [-0.3, -0.25) is 4.79 Å². The van der Waals surface area contributed by atoms with E-state index in [4.69, 9.17) is 0 Å². The molecule has 152 valence electrons. The normalized spacial score (nSPS) is 11.4. The Morgan fingerprint density at radius 3 is 2.36 bits per heavy atom. The minimum Gasteiger partial charge on any atom is -0.355 e. The molecule has 0 aromatic heterocycles. The van der Waals surface area contributed by atoms with Crippen LogP contribution in [0.4, 0.5) is 0 Å². The lowest BCUT2D eigenvalue weighted by molar-refractivity contribution is -0.120. The molecule has 2 N–H and O–H groups in total. The van der Waals surface area contributed by atoms with Gasteiger partial charge in [0.05, 0.1) is 4.90 Å². The van der Waals surface area contributed by atoms with E-state index < -0.39 is 10.0 Å². The zero-order valence-electron chi connectivity index (χ0n) is 16.6. The van der Waals surface area contributed by atoms with Crippen molar-refractivity contribution in [3.05, 3.63) is 64.7 Å². The van der Waals surface area contributed by atoms with Gasteiger partial charge in [0.2, 0.25) is 15.9 Å². The number of benzene rings is 2. The quantitative estimate of drug-likeness (QED) is 0.578. The van der Waals surface area contributed by atoms with E-state index in [-0.39, 0.29) is 23.8 Å². The van der Waals surface area contributed by atoms with Crippen molar-refractivity contribution < 1.29 is 13.2 Å². The number of hydrogen-bond donors (Lipinski definition) is 2. The standard InChI is InChI=1S/C21H28N2O3S2/c1-16-4-7-19(8-5-16)15-27-13-12-22-21(24)10-11-23-28(25,26)20-9-6-17(2)18(3)14-20/h4-9,14,23H,10-13,15H2,1-3H3,(H,22,24). The molecule has 0 radical (unpaired) electrons. The first-order valence-electron chi connectivity index (χ1n) is 9.25. The molecule has 28 heavy (non-hydrogen) atoms. The average Bonchev–Trinajstić information content (AvgIpc) is 2.65. The van der Waals surface area contributed by atoms with Gasteiger partial charge < -0.3 is 5.32 Å². The fraction of sp³-hybridized carbons (Fsp3) is 0.381. The van der Waals surface area contributed by atoms with Crippen LogP contribution in [0, 0.1) is 20.8 Å². The SMILES string of the molecule is Cc1ccc(CSCCNC(=O)CCNS(=O)(=O)c2ccc(C)c(C)c2)cc1. The summed E-state index contributed by atoms with van der Waals surface area (Å²) in [5, 5.41) is 2.83. The zero-order valence-corrected chi connectivity index (χ0v) is 18.3. The molecule has 0 unspecified atom stereocenters. The molecule has 0 bridgehead atoms. The average molecular weight is 421 g/mol. The first-order chi connectivity index (χ1) is 13.3. The van der Waals surface area contributed by atoms with E-state index in [1.165, 1.54) is 11.1 Å². The van der Waals surface area contributed by atoms with Crippen molar-refractivity contribution in [1.82, 2.24) is 10.0 Å². The summed E-state index contributed by atoms with van der Waals surface area (Å²) in [6, 6.07) is 13.4. The largest absolute Gasteiger partial charge is 0.355 e. The van der Waals surface area contributed by atoms with E-state index in [1.54, 1.807) is 30.0 Å². The minimum atomic E-state index is -3.59. The van der Waals surface area contributed by atoms with Crippen molar-refractivity contribution in [2.24, 2.45) is 0 Å². The zero-order chi connectivity index (χ0) is 20.6. The summed E-state index contributed by atoms with van der Waals surface area (Å²) in [6.07, 6.45) is 0.118. The van der Waals surface area contributed by atoms with Crippen molar-refractivity contribution in [3.63, 3.8) is 0 Å². The molecule has 0 fully saturated rings. The lowest BCUT2D eigenvalue weighted by Gasteiger charge is -2.09. The highest BCUT2D eigenvalue weighted by Gasteiger charge is 2.14. The topological polar surface area (TPSA) is 75.3 Å². The molecule has 2 aromatic rings. The van der Waals surface area contributed by atoms with Crippen LogP contribution < -0.4 is 10.0 Å². The Bertz CT molecular complexity index is 894. The molecule has 0 heterocycles. The number of thioether (sulfide) groups is 1. The van der Waals surface area contributed by atoms with Crippen LogP contribution in [0.1, 0.15) is 28.7 Å². The highest BCUT2D eigenvalue weighted by molar-refractivity contribution is 7.98. The van der Waals surface area contributed by atoms with Gasteiger partial charge in [0.25, 0.3) is 0 Å². The number of carbonyl (C=O) groups is 1. The van der Waals surface area contributed by atoms with Gasteiger partial charge in [-0.15, -0.1) is 0 Å². The molecule has 2 rings (SSSR count). The highest BCUT2D eigenvalue weighted by atomic mass is 32.2. The van der Waals surface area contributed by atoms with Gasteiger partial charge in [-0.2, -0.15) is 11.8 Å². The van der Waals surface area contributed by atoms with Crippen LogP contribution in [0.5, 0.6) is 0 Å². The Morgan fingerprint density at radius 1 is 0.964 bits per heavy atom. The van der Waals surface area contributed by atoms with Gasteiger partial charge in [-0.1, -0.05) is 35.9 Å². The first-order valence-corrected chi connectivity index (χ1v) is 11.9. The molecule has 0 saturated heterocycles. The van der Waals surface area contributed by atoms with Gasteiger partial charge >= 0.3 is 0 Å². The van der Waals surface area contributed by atoms with Gasteiger partial charge in [-0.05, 0) is 49.6 Å². The van der Waals surface area contributed by atoms with E-state index >= 15 is 0 Å².